The third-order valence-corrected chi connectivity index (χ3v) is 4.68. The predicted octanol–water partition coefficient (Wildman–Crippen LogP) is 3.56. The predicted molar refractivity (Wildman–Crippen MR) is 97.5 cm³/mol. The van der Waals surface area contributed by atoms with Crippen LogP contribution in [0.3, 0.4) is 0 Å². The summed E-state index contributed by atoms with van der Waals surface area (Å²) in [6, 6.07) is 14.3. The molecular formula is C20H25N3O. The van der Waals surface area contributed by atoms with Crippen LogP contribution in [-0.4, -0.2) is 43.0 Å². The summed E-state index contributed by atoms with van der Waals surface area (Å²) in [6.07, 6.45) is 5.10. The number of benzene rings is 1. The standard InChI is InChI=1S/C20H25N3O/c1-22(2)19-14-17(11-12-21-19)20(24)23-13-7-6-10-18(15-23)16-8-4-3-5-9-16/h3-5,8-9,11-12,14,18H,6-7,10,13,15H2,1-2H3. The summed E-state index contributed by atoms with van der Waals surface area (Å²) < 4.78 is 0. The van der Waals surface area contributed by atoms with Gasteiger partial charge < -0.3 is 9.80 Å². The number of carbonyl (C=O) groups is 1. The molecule has 1 atom stereocenters. The molecular weight excluding hydrogens is 298 g/mol. The number of likely N-dealkylation sites (tertiary alicyclic amines) is 1. The molecule has 3 rings (SSSR count). The first-order valence-electron chi connectivity index (χ1n) is 8.63. The van der Waals surface area contributed by atoms with Crippen molar-refractivity contribution in [2.45, 2.75) is 25.2 Å². The number of nitrogens with zero attached hydrogens (tertiary/aromatic N) is 3. The van der Waals surface area contributed by atoms with Gasteiger partial charge in [0.1, 0.15) is 5.82 Å². The lowest BCUT2D eigenvalue weighted by Gasteiger charge is -2.25. The van der Waals surface area contributed by atoms with E-state index in [2.05, 4.69) is 29.2 Å². The van der Waals surface area contributed by atoms with Crippen molar-refractivity contribution in [2.24, 2.45) is 0 Å². The van der Waals surface area contributed by atoms with E-state index >= 15 is 0 Å². The van der Waals surface area contributed by atoms with Crippen molar-refractivity contribution >= 4 is 11.7 Å². The van der Waals surface area contributed by atoms with Gasteiger partial charge in [-0.2, -0.15) is 0 Å². The number of pyridine rings is 1. The molecule has 1 aromatic heterocycles. The van der Waals surface area contributed by atoms with Crippen LogP contribution in [0, 0.1) is 0 Å². The van der Waals surface area contributed by atoms with Crippen molar-refractivity contribution < 1.29 is 4.79 Å². The minimum absolute atomic E-state index is 0.114. The summed E-state index contributed by atoms with van der Waals surface area (Å²) >= 11 is 0. The summed E-state index contributed by atoms with van der Waals surface area (Å²) in [7, 11) is 3.88. The minimum atomic E-state index is 0.114. The first-order chi connectivity index (χ1) is 11.6. The summed E-state index contributed by atoms with van der Waals surface area (Å²) in [4.78, 5) is 21.2. The molecule has 2 heterocycles. The van der Waals surface area contributed by atoms with Gasteiger partial charge in [0.25, 0.3) is 5.91 Å². The zero-order chi connectivity index (χ0) is 16.9. The number of rotatable bonds is 3. The van der Waals surface area contributed by atoms with Crippen LogP contribution in [0.2, 0.25) is 0 Å². The highest BCUT2D eigenvalue weighted by Crippen LogP contribution is 2.27. The number of hydrogen-bond donors (Lipinski definition) is 0. The van der Waals surface area contributed by atoms with Crippen LogP contribution >= 0.6 is 0 Å². The Morgan fingerprint density at radius 1 is 1.17 bits per heavy atom. The van der Waals surface area contributed by atoms with E-state index in [1.807, 2.05) is 42.1 Å². The van der Waals surface area contributed by atoms with E-state index in [4.69, 9.17) is 0 Å². The van der Waals surface area contributed by atoms with Crippen LogP contribution in [0.1, 0.15) is 41.1 Å². The minimum Gasteiger partial charge on any atom is -0.363 e. The fourth-order valence-electron chi connectivity index (χ4n) is 3.30. The Labute approximate surface area is 144 Å². The lowest BCUT2D eigenvalue weighted by molar-refractivity contribution is 0.0754. The van der Waals surface area contributed by atoms with Gasteiger partial charge in [-0.1, -0.05) is 36.8 Å². The maximum absolute atomic E-state index is 13.0. The first kappa shape index (κ1) is 16.5. The molecule has 126 valence electrons. The van der Waals surface area contributed by atoms with Gasteiger partial charge in [0.2, 0.25) is 0 Å². The van der Waals surface area contributed by atoms with Crippen LogP contribution < -0.4 is 4.90 Å². The number of anilines is 1. The molecule has 4 heteroatoms. The van der Waals surface area contributed by atoms with Crippen LogP contribution in [0.4, 0.5) is 5.82 Å². The highest BCUT2D eigenvalue weighted by atomic mass is 16.2. The van der Waals surface area contributed by atoms with E-state index in [1.165, 1.54) is 12.0 Å². The van der Waals surface area contributed by atoms with Crippen molar-refractivity contribution in [3.05, 3.63) is 59.8 Å². The Morgan fingerprint density at radius 2 is 1.96 bits per heavy atom. The Morgan fingerprint density at radius 3 is 2.71 bits per heavy atom. The Kier molecular flexibility index (Phi) is 5.14. The van der Waals surface area contributed by atoms with Gasteiger partial charge in [0.15, 0.2) is 0 Å². The Hall–Kier alpha value is -2.36. The number of amides is 1. The second-order valence-corrected chi connectivity index (χ2v) is 6.65. The smallest absolute Gasteiger partial charge is 0.254 e. The van der Waals surface area contributed by atoms with Gasteiger partial charge in [-0.15, -0.1) is 0 Å². The zero-order valence-corrected chi connectivity index (χ0v) is 14.5. The highest BCUT2D eigenvalue weighted by Gasteiger charge is 2.24. The largest absolute Gasteiger partial charge is 0.363 e. The average molecular weight is 323 g/mol. The van der Waals surface area contributed by atoms with Gasteiger partial charge in [-0.3, -0.25) is 4.79 Å². The van der Waals surface area contributed by atoms with Gasteiger partial charge in [-0.25, -0.2) is 4.98 Å². The molecule has 24 heavy (non-hydrogen) atoms. The molecule has 0 radical (unpaired) electrons. The third-order valence-electron chi connectivity index (χ3n) is 4.68. The summed E-state index contributed by atoms with van der Waals surface area (Å²) in [5.41, 5.74) is 2.06. The average Bonchev–Trinajstić information content (AvgIpc) is 2.88. The van der Waals surface area contributed by atoms with Gasteiger partial charge >= 0.3 is 0 Å². The second-order valence-electron chi connectivity index (χ2n) is 6.65. The molecule has 0 spiro atoms. The quantitative estimate of drug-likeness (QED) is 0.866. The number of hydrogen-bond acceptors (Lipinski definition) is 3. The van der Waals surface area contributed by atoms with Crippen LogP contribution in [0.5, 0.6) is 0 Å². The van der Waals surface area contributed by atoms with Crippen molar-refractivity contribution in [2.75, 3.05) is 32.1 Å². The van der Waals surface area contributed by atoms with E-state index in [0.29, 0.717) is 5.92 Å². The fraction of sp³-hybridized carbons (Fsp3) is 0.400. The molecule has 0 saturated carbocycles. The van der Waals surface area contributed by atoms with Crippen molar-refractivity contribution in [3.8, 4) is 0 Å². The van der Waals surface area contributed by atoms with Crippen molar-refractivity contribution in [1.82, 2.24) is 9.88 Å². The van der Waals surface area contributed by atoms with Crippen molar-refractivity contribution in [3.63, 3.8) is 0 Å². The summed E-state index contributed by atoms with van der Waals surface area (Å²) in [5, 5.41) is 0. The molecule has 0 aliphatic carbocycles. The molecule has 0 bridgehead atoms. The highest BCUT2D eigenvalue weighted by molar-refractivity contribution is 5.95. The number of aromatic nitrogens is 1. The summed E-state index contributed by atoms with van der Waals surface area (Å²) in [5.74, 6) is 1.35. The molecule has 0 N–H and O–H groups in total. The second kappa shape index (κ2) is 7.47. The normalized spacial score (nSPS) is 18.1. The van der Waals surface area contributed by atoms with E-state index in [-0.39, 0.29) is 5.91 Å². The molecule has 1 aromatic carbocycles. The van der Waals surface area contributed by atoms with E-state index < -0.39 is 0 Å². The monoisotopic (exact) mass is 323 g/mol. The molecule has 1 unspecified atom stereocenters. The summed E-state index contributed by atoms with van der Waals surface area (Å²) in [6.45, 7) is 1.63. The van der Waals surface area contributed by atoms with Crippen molar-refractivity contribution in [1.29, 1.82) is 0 Å². The lowest BCUT2D eigenvalue weighted by atomic mass is 9.94. The van der Waals surface area contributed by atoms with E-state index in [0.717, 1.165) is 37.3 Å². The van der Waals surface area contributed by atoms with Gasteiger partial charge in [-0.05, 0) is 30.5 Å². The van der Waals surface area contributed by atoms with Crippen LogP contribution in [0.25, 0.3) is 0 Å². The van der Waals surface area contributed by atoms with Crippen LogP contribution in [0.15, 0.2) is 48.7 Å². The van der Waals surface area contributed by atoms with Crippen LogP contribution in [-0.2, 0) is 0 Å². The molecule has 4 nitrogen and oxygen atoms in total. The fourth-order valence-corrected chi connectivity index (χ4v) is 3.30. The molecule has 1 amide bonds. The van der Waals surface area contributed by atoms with Gasteiger partial charge in [0, 0.05) is 44.9 Å². The SMILES string of the molecule is CN(C)c1cc(C(=O)N2CCCCC(c3ccccc3)C2)ccn1. The van der Waals surface area contributed by atoms with E-state index in [9.17, 15) is 4.79 Å². The molecule has 1 fully saturated rings. The lowest BCUT2D eigenvalue weighted by Crippen LogP contribution is -2.34. The Balaban J connectivity index is 1.79. The zero-order valence-electron chi connectivity index (χ0n) is 14.5. The molecule has 1 aliphatic heterocycles. The topological polar surface area (TPSA) is 36.4 Å². The van der Waals surface area contributed by atoms with Gasteiger partial charge in [0.05, 0.1) is 0 Å². The maximum atomic E-state index is 13.0. The van der Waals surface area contributed by atoms with E-state index in [1.54, 1.807) is 6.20 Å². The molecule has 1 saturated heterocycles. The first-order valence-corrected chi connectivity index (χ1v) is 8.63. The maximum Gasteiger partial charge on any atom is 0.254 e. The third kappa shape index (κ3) is 3.75. The molecule has 1 aliphatic rings. The Bertz CT molecular complexity index is 684. The number of carbonyl (C=O) groups excluding carboxylic acids is 1. The molecule has 2 aromatic rings.